The largest absolute Gasteiger partial charge is 0.269 e. The Hall–Kier alpha value is -5.31. The van der Waals surface area contributed by atoms with Crippen molar-refractivity contribution in [2.45, 2.75) is 0 Å². The normalized spacial score (nSPS) is 11.6. The van der Waals surface area contributed by atoms with E-state index in [1.54, 1.807) is 36.7 Å². The molecule has 0 fully saturated rings. The van der Waals surface area contributed by atoms with Crippen molar-refractivity contribution in [3.63, 3.8) is 0 Å². The van der Waals surface area contributed by atoms with E-state index >= 15 is 0 Å². The molecule has 0 N–H and O–H groups in total. The topological polar surface area (TPSA) is 124 Å². The summed E-state index contributed by atoms with van der Waals surface area (Å²) in [7, 11) is 0. The van der Waals surface area contributed by atoms with E-state index in [9.17, 15) is 20.2 Å². The van der Waals surface area contributed by atoms with Crippen LogP contribution in [0.5, 0.6) is 0 Å². The second-order valence-corrected chi connectivity index (χ2v) is 7.96. The number of aliphatic imine (C=N–C) groups is 2. The van der Waals surface area contributed by atoms with Gasteiger partial charge in [0.2, 0.25) is 0 Å². The molecule has 0 aliphatic heterocycles. The molecule has 0 aliphatic carbocycles. The molecule has 4 aromatic carbocycles. The zero-order chi connectivity index (χ0) is 25.1. The Balaban J connectivity index is 1.39. The van der Waals surface area contributed by atoms with Crippen molar-refractivity contribution in [1.82, 2.24) is 4.98 Å². The zero-order valence-corrected chi connectivity index (χ0v) is 18.7. The molecule has 0 saturated heterocycles. The first-order chi connectivity index (χ1) is 17.4. The van der Waals surface area contributed by atoms with Crippen LogP contribution in [0, 0.1) is 20.2 Å². The lowest BCUT2D eigenvalue weighted by atomic mass is 10.1. The molecule has 0 bridgehead atoms. The molecule has 5 aromatic rings. The molecular weight excluding hydrogens is 458 g/mol. The van der Waals surface area contributed by atoms with Gasteiger partial charge in [0.25, 0.3) is 11.4 Å². The van der Waals surface area contributed by atoms with E-state index in [-0.39, 0.29) is 11.4 Å². The van der Waals surface area contributed by atoms with Crippen LogP contribution in [0.25, 0.3) is 21.8 Å². The molecule has 9 heteroatoms. The lowest BCUT2D eigenvalue weighted by molar-refractivity contribution is -0.385. The van der Waals surface area contributed by atoms with Gasteiger partial charge in [0.1, 0.15) is 0 Å². The van der Waals surface area contributed by atoms with Crippen molar-refractivity contribution < 1.29 is 9.85 Å². The molecule has 0 radical (unpaired) electrons. The minimum absolute atomic E-state index is 0.0328. The summed E-state index contributed by atoms with van der Waals surface area (Å²) >= 11 is 0. The minimum Gasteiger partial charge on any atom is -0.258 e. The monoisotopic (exact) mass is 475 g/mol. The number of nitrogens with zero attached hydrogens (tertiary/aromatic N) is 5. The summed E-state index contributed by atoms with van der Waals surface area (Å²) in [6, 6.07) is 25.8. The van der Waals surface area contributed by atoms with Gasteiger partial charge in [-0.1, -0.05) is 12.1 Å². The third-order valence-corrected chi connectivity index (χ3v) is 5.51. The number of non-ortho nitro benzene ring substituents is 2. The molecule has 0 saturated carbocycles. The van der Waals surface area contributed by atoms with Gasteiger partial charge in [-0.05, 0) is 65.7 Å². The maximum absolute atomic E-state index is 10.8. The molecule has 1 aromatic heterocycles. The first kappa shape index (κ1) is 22.5. The smallest absolute Gasteiger partial charge is 0.258 e. The van der Waals surface area contributed by atoms with E-state index < -0.39 is 9.85 Å². The van der Waals surface area contributed by atoms with E-state index in [1.807, 2.05) is 42.5 Å². The van der Waals surface area contributed by atoms with E-state index in [4.69, 9.17) is 4.98 Å². The number of hydrogen-bond donors (Lipinski definition) is 0. The van der Waals surface area contributed by atoms with E-state index in [0.29, 0.717) is 11.4 Å². The molecule has 9 nitrogen and oxygen atoms in total. The third-order valence-electron chi connectivity index (χ3n) is 5.51. The number of rotatable bonds is 6. The highest BCUT2D eigenvalue weighted by Gasteiger charge is 2.05. The Kier molecular flexibility index (Phi) is 5.94. The molecular formula is C27H17N5O4. The number of hydrogen-bond acceptors (Lipinski definition) is 7. The molecule has 0 amide bonds. The van der Waals surface area contributed by atoms with Gasteiger partial charge in [-0.3, -0.25) is 30.2 Å². The van der Waals surface area contributed by atoms with Crippen LogP contribution >= 0.6 is 0 Å². The van der Waals surface area contributed by atoms with Crippen molar-refractivity contribution in [2.75, 3.05) is 0 Å². The third kappa shape index (κ3) is 4.95. The number of fused-ring (bicyclic) bond motifs is 2. The number of nitro groups is 2. The predicted molar refractivity (Wildman–Crippen MR) is 140 cm³/mol. The standard InChI is InChI=1S/C27H17N5O4/c33-31(34)24-9-1-18(2-10-24)16-28-22-7-5-20-13-21-6-8-23(15-27(21)30-26(20)14-22)29-17-19-3-11-25(12-4-19)32(35)36/h1-17H. The van der Waals surface area contributed by atoms with Crippen LogP contribution in [0.1, 0.15) is 11.1 Å². The first-order valence-electron chi connectivity index (χ1n) is 10.9. The van der Waals surface area contributed by atoms with E-state index in [2.05, 4.69) is 9.98 Å². The van der Waals surface area contributed by atoms with Crippen LogP contribution in [0.4, 0.5) is 22.7 Å². The predicted octanol–water partition coefficient (Wildman–Crippen LogP) is 6.71. The van der Waals surface area contributed by atoms with Gasteiger partial charge >= 0.3 is 0 Å². The van der Waals surface area contributed by atoms with Gasteiger partial charge in [-0.2, -0.15) is 0 Å². The maximum Gasteiger partial charge on any atom is 0.269 e. The molecule has 0 spiro atoms. The molecule has 0 atom stereocenters. The molecule has 0 unspecified atom stereocenters. The summed E-state index contributed by atoms with van der Waals surface area (Å²) in [5, 5.41) is 23.5. The van der Waals surface area contributed by atoms with Gasteiger partial charge in [-0.15, -0.1) is 0 Å². The van der Waals surface area contributed by atoms with Crippen LogP contribution in [0.2, 0.25) is 0 Å². The average Bonchev–Trinajstić information content (AvgIpc) is 2.89. The van der Waals surface area contributed by atoms with Gasteiger partial charge < -0.3 is 0 Å². The fourth-order valence-electron chi connectivity index (χ4n) is 3.62. The Labute approximate surface area is 204 Å². The van der Waals surface area contributed by atoms with Crippen molar-refractivity contribution >= 4 is 57.0 Å². The van der Waals surface area contributed by atoms with E-state index in [1.165, 1.54) is 24.3 Å². The lowest BCUT2D eigenvalue weighted by Gasteiger charge is -2.04. The Bertz CT molecular complexity index is 1560. The fraction of sp³-hybridized carbons (Fsp3) is 0. The molecule has 174 valence electrons. The quantitative estimate of drug-likeness (QED) is 0.117. The highest BCUT2D eigenvalue weighted by atomic mass is 16.6. The average molecular weight is 475 g/mol. The fourth-order valence-corrected chi connectivity index (χ4v) is 3.62. The summed E-state index contributed by atoms with van der Waals surface area (Å²) in [4.78, 5) is 34.5. The van der Waals surface area contributed by atoms with Gasteiger partial charge in [0.15, 0.2) is 0 Å². The number of benzene rings is 4. The Morgan fingerprint density at radius 2 is 1.00 bits per heavy atom. The maximum atomic E-state index is 10.8. The Morgan fingerprint density at radius 1 is 0.583 bits per heavy atom. The van der Waals surface area contributed by atoms with Crippen molar-refractivity contribution in [3.8, 4) is 0 Å². The van der Waals surface area contributed by atoms with Crippen molar-refractivity contribution in [3.05, 3.63) is 122 Å². The van der Waals surface area contributed by atoms with Crippen LogP contribution in [0.3, 0.4) is 0 Å². The van der Waals surface area contributed by atoms with Gasteiger partial charge in [0.05, 0.1) is 32.3 Å². The van der Waals surface area contributed by atoms with E-state index in [0.717, 1.165) is 32.9 Å². The highest BCUT2D eigenvalue weighted by Crippen LogP contribution is 2.26. The first-order valence-corrected chi connectivity index (χ1v) is 10.9. The molecule has 1 heterocycles. The second-order valence-electron chi connectivity index (χ2n) is 7.96. The molecule has 5 rings (SSSR count). The summed E-state index contributed by atoms with van der Waals surface area (Å²) in [6.07, 6.45) is 3.30. The minimum atomic E-state index is -0.438. The summed E-state index contributed by atoms with van der Waals surface area (Å²) in [5.41, 5.74) is 4.54. The molecule has 36 heavy (non-hydrogen) atoms. The number of aromatic nitrogens is 1. The van der Waals surface area contributed by atoms with Crippen LogP contribution in [-0.2, 0) is 0 Å². The summed E-state index contributed by atoms with van der Waals surface area (Å²) in [5.74, 6) is 0. The number of nitro benzene ring substituents is 2. The van der Waals surface area contributed by atoms with Gasteiger partial charge in [0, 0.05) is 47.5 Å². The van der Waals surface area contributed by atoms with Crippen LogP contribution < -0.4 is 0 Å². The SMILES string of the molecule is O=[N+]([O-])c1ccc(C=Nc2ccc3cc4ccc(N=Cc5ccc([N+](=O)[O-])cc5)cc4nc3c2)cc1. The van der Waals surface area contributed by atoms with Crippen LogP contribution in [0.15, 0.2) is 101 Å². The van der Waals surface area contributed by atoms with Crippen LogP contribution in [-0.4, -0.2) is 27.3 Å². The summed E-state index contributed by atoms with van der Waals surface area (Å²) in [6.45, 7) is 0. The Morgan fingerprint density at radius 3 is 1.39 bits per heavy atom. The molecule has 0 aliphatic rings. The number of pyridine rings is 1. The van der Waals surface area contributed by atoms with Crippen molar-refractivity contribution in [1.29, 1.82) is 0 Å². The highest BCUT2D eigenvalue weighted by molar-refractivity contribution is 5.95. The summed E-state index contributed by atoms with van der Waals surface area (Å²) < 4.78 is 0. The zero-order valence-electron chi connectivity index (χ0n) is 18.7. The second kappa shape index (κ2) is 9.51. The lowest BCUT2D eigenvalue weighted by Crippen LogP contribution is -1.88. The van der Waals surface area contributed by atoms with Gasteiger partial charge in [-0.25, -0.2) is 4.98 Å². The van der Waals surface area contributed by atoms with Crippen molar-refractivity contribution in [2.24, 2.45) is 9.98 Å².